The molecule has 0 aliphatic rings. The highest BCUT2D eigenvalue weighted by Gasteiger charge is 2.46. The summed E-state index contributed by atoms with van der Waals surface area (Å²) >= 11 is 0. The van der Waals surface area contributed by atoms with E-state index in [9.17, 15) is 0 Å². The lowest BCUT2D eigenvalue weighted by molar-refractivity contribution is 1.77. The molecule has 0 aromatic heterocycles. The molecular weight excluding hydrogens is 220 g/mol. The zero-order valence-electron chi connectivity index (χ0n) is 11.0. The standard InChI is InChI=1S/C9H27Si4/c1-11(2,3)10(12(4,5)6)13(7,8)9/h1-9H3. The fourth-order valence-corrected chi connectivity index (χ4v) is 91.1. The molecule has 0 saturated heterocycles. The number of hydrogen-bond donors (Lipinski definition) is 0. The molecule has 0 aliphatic heterocycles. The second-order valence-electron chi connectivity index (χ2n) is 7.12. The van der Waals surface area contributed by atoms with Gasteiger partial charge in [0.25, 0.3) is 0 Å². The van der Waals surface area contributed by atoms with Gasteiger partial charge in [0, 0.05) is 30.1 Å². The summed E-state index contributed by atoms with van der Waals surface area (Å²) in [7, 11) is -2.47. The molecule has 0 rings (SSSR count). The molecule has 0 fully saturated rings. The molecule has 0 bridgehead atoms. The monoisotopic (exact) mass is 247 g/mol. The van der Waals surface area contributed by atoms with E-state index in [4.69, 9.17) is 0 Å². The number of hydrogen-bond acceptors (Lipinski definition) is 0. The van der Waals surface area contributed by atoms with Crippen LogP contribution in [0.15, 0.2) is 0 Å². The first-order chi connectivity index (χ1) is 5.37. The third-order valence-corrected chi connectivity index (χ3v) is 60.8. The van der Waals surface area contributed by atoms with Crippen LogP contribution in [-0.2, 0) is 0 Å². The minimum absolute atomic E-state index is 0.0255. The molecule has 4 heteroatoms. The van der Waals surface area contributed by atoms with E-state index in [2.05, 4.69) is 58.9 Å². The summed E-state index contributed by atoms with van der Waals surface area (Å²) in [4.78, 5) is 0. The molecule has 1 radical (unpaired) electrons. The fraction of sp³-hybridized carbons (Fsp3) is 1.00. The van der Waals surface area contributed by atoms with E-state index in [1.54, 1.807) is 0 Å². The van der Waals surface area contributed by atoms with Crippen LogP contribution in [0.3, 0.4) is 0 Å². The smallest absolute Gasteiger partial charge is 0.0306 e. The van der Waals surface area contributed by atoms with Crippen molar-refractivity contribution in [3.8, 4) is 0 Å². The normalized spacial score (nSPS) is 15.2. The molecule has 0 nitrogen and oxygen atoms in total. The van der Waals surface area contributed by atoms with Gasteiger partial charge in [-0.15, -0.1) is 0 Å². The van der Waals surface area contributed by atoms with Gasteiger partial charge >= 0.3 is 0 Å². The Morgan fingerprint density at radius 2 is 0.615 bits per heavy atom. The Bertz CT molecular complexity index is 134. The summed E-state index contributed by atoms with van der Waals surface area (Å²) in [5, 5.41) is 0. The van der Waals surface area contributed by atoms with Gasteiger partial charge in [0.2, 0.25) is 0 Å². The minimum Gasteiger partial charge on any atom is -0.0721 e. The van der Waals surface area contributed by atoms with Crippen molar-refractivity contribution in [1.29, 1.82) is 0 Å². The molecule has 0 spiro atoms. The molecule has 0 heterocycles. The average Bonchev–Trinajstić information content (AvgIpc) is 1.44. The molecule has 0 atom stereocenters. The Kier molecular flexibility index (Phi) is 4.04. The van der Waals surface area contributed by atoms with Crippen molar-refractivity contribution in [3.63, 3.8) is 0 Å². The lowest BCUT2D eigenvalue weighted by atomic mass is 11.8. The van der Waals surface area contributed by atoms with Crippen LogP contribution in [0.5, 0.6) is 0 Å². The Hall–Kier alpha value is 0.868. The van der Waals surface area contributed by atoms with Gasteiger partial charge in [-0.05, 0) is 0 Å². The molecular formula is C9H27Si4. The second-order valence-corrected chi connectivity index (χ2v) is 43.9. The van der Waals surface area contributed by atoms with Crippen LogP contribution in [-0.4, -0.2) is 30.1 Å². The van der Waals surface area contributed by atoms with E-state index < -0.39 is 22.8 Å². The van der Waals surface area contributed by atoms with E-state index in [0.29, 0.717) is 0 Å². The predicted octanol–water partition coefficient (Wildman–Crippen LogP) is 3.73. The summed E-state index contributed by atoms with van der Waals surface area (Å²) in [6.45, 7) is 23.5. The Morgan fingerprint density at radius 3 is 0.615 bits per heavy atom. The zero-order chi connectivity index (χ0) is 11.1. The Balaban J connectivity index is 5.02. The van der Waals surface area contributed by atoms with Gasteiger partial charge in [-0.3, -0.25) is 0 Å². The topological polar surface area (TPSA) is 0 Å². The molecule has 0 aromatic rings. The van der Waals surface area contributed by atoms with Crippen molar-refractivity contribution in [2.45, 2.75) is 58.9 Å². The van der Waals surface area contributed by atoms with E-state index in [0.717, 1.165) is 0 Å². The summed E-state index contributed by atoms with van der Waals surface area (Å²) in [5.74, 6) is 0. The third kappa shape index (κ3) is 4.27. The van der Waals surface area contributed by atoms with Gasteiger partial charge in [0.1, 0.15) is 0 Å². The Labute approximate surface area is 89.1 Å². The van der Waals surface area contributed by atoms with Gasteiger partial charge in [0.15, 0.2) is 0 Å². The molecule has 0 unspecified atom stereocenters. The van der Waals surface area contributed by atoms with Crippen molar-refractivity contribution >= 4 is 30.1 Å². The lowest BCUT2D eigenvalue weighted by Crippen LogP contribution is -2.70. The van der Waals surface area contributed by atoms with E-state index >= 15 is 0 Å². The first kappa shape index (κ1) is 13.9. The molecule has 79 valence electrons. The molecule has 13 heavy (non-hydrogen) atoms. The summed E-state index contributed by atoms with van der Waals surface area (Å²) in [6, 6.07) is 0. The first-order valence-corrected chi connectivity index (χ1v) is 20.2. The SMILES string of the molecule is C[Si](C)(C)[Si]([Si](C)(C)C)[Si](C)(C)C. The van der Waals surface area contributed by atoms with Crippen LogP contribution in [0.2, 0.25) is 58.9 Å². The maximum Gasteiger partial charge on any atom is 0.0306 e. The summed E-state index contributed by atoms with van der Waals surface area (Å²) in [5.41, 5.74) is 0. The minimum atomic E-state index is -0.832. The van der Waals surface area contributed by atoms with Gasteiger partial charge in [-0.1, -0.05) is 58.9 Å². The number of rotatable bonds is 3. The molecule has 0 N–H and O–H groups in total. The van der Waals surface area contributed by atoms with Crippen LogP contribution < -0.4 is 0 Å². The van der Waals surface area contributed by atoms with Crippen LogP contribution in [0.1, 0.15) is 0 Å². The molecule has 0 saturated carbocycles. The van der Waals surface area contributed by atoms with Crippen LogP contribution in [0.25, 0.3) is 0 Å². The van der Waals surface area contributed by atoms with Gasteiger partial charge in [0.05, 0.1) is 0 Å². The third-order valence-electron chi connectivity index (χ3n) is 2.25. The molecule has 0 amide bonds. The Morgan fingerprint density at radius 1 is 0.462 bits per heavy atom. The quantitative estimate of drug-likeness (QED) is 0.667. The average molecular weight is 248 g/mol. The van der Waals surface area contributed by atoms with Crippen molar-refractivity contribution < 1.29 is 0 Å². The van der Waals surface area contributed by atoms with Gasteiger partial charge in [-0.2, -0.15) is 0 Å². The van der Waals surface area contributed by atoms with Crippen LogP contribution in [0, 0.1) is 0 Å². The highest BCUT2D eigenvalue weighted by molar-refractivity contribution is 7.81. The van der Waals surface area contributed by atoms with Crippen molar-refractivity contribution in [3.05, 3.63) is 0 Å². The van der Waals surface area contributed by atoms with E-state index in [1.165, 1.54) is 0 Å². The summed E-state index contributed by atoms with van der Waals surface area (Å²) in [6.07, 6.45) is 0. The summed E-state index contributed by atoms with van der Waals surface area (Å²) < 4.78 is 0. The van der Waals surface area contributed by atoms with E-state index in [-0.39, 0.29) is 7.35 Å². The largest absolute Gasteiger partial charge is 0.0721 e. The maximum absolute atomic E-state index is 2.61. The lowest BCUT2D eigenvalue weighted by Gasteiger charge is -2.44. The van der Waals surface area contributed by atoms with E-state index in [1.807, 2.05) is 0 Å². The maximum atomic E-state index is 2.61. The molecule has 0 aromatic carbocycles. The second kappa shape index (κ2) is 3.79. The van der Waals surface area contributed by atoms with Gasteiger partial charge < -0.3 is 0 Å². The van der Waals surface area contributed by atoms with Crippen molar-refractivity contribution in [2.75, 3.05) is 0 Å². The highest BCUT2D eigenvalue weighted by Crippen LogP contribution is 2.25. The molecule has 0 aliphatic carbocycles. The van der Waals surface area contributed by atoms with Crippen molar-refractivity contribution in [2.24, 2.45) is 0 Å². The van der Waals surface area contributed by atoms with Crippen LogP contribution in [0.4, 0.5) is 0 Å². The fourth-order valence-electron chi connectivity index (χ4n) is 3.38. The van der Waals surface area contributed by atoms with Crippen molar-refractivity contribution in [1.82, 2.24) is 0 Å². The van der Waals surface area contributed by atoms with Crippen LogP contribution >= 0.6 is 0 Å². The predicted molar refractivity (Wildman–Crippen MR) is 75.8 cm³/mol. The zero-order valence-corrected chi connectivity index (χ0v) is 15.0. The highest BCUT2D eigenvalue weighted by atomic mass is 29.9. The first-order valence-electron chi connectivity index (χ1n) is 5.25. The van der Waals surface area contributed by atoms with Gasteiger partial charge in [-0.25, -0.2) is 0 Å².